The fourth-order valence-electron chi connectivity index (χ4n) is 2.55. The Balaban J connectivity index is 1.67. The molecule has 116 valence electrons. The van der Waals surface area contributed by atoms with Gasteiger partial charge < -0.3 is 15.2 Å². The molecule has 0 spiro atoms. The molecule has 1 unspecified atom stereocenters. The summed E-state index contributed by atoms with van der Waals surface area (Å²) in [4.78, 5) is 33.2. The highest BCUT2D eigenvalue weighted by atomic mass is 35.5. The minimum Gasteiger partial charge on any atom is -0.350 e. The summed E-state index contributed by atoms with van der Waals surface area (Å²) in [6.07, 6.45) is 4.85. The molecule has 1 fully saturated rings. The maximum absolute atomic E-state index is 12.2. The van der Waals surface area contributed by atoms with Crippen LogP contribution in [0.2, 0.25) is 4.34 Å². The van der Waals surface area contributed by atoms with Crippen LogP contribution in [0.15, 0.2) is 29.3 Å². The maximum atomic E-state index is 12.2. The van der Waals surface area contributed by atoms with Crippen LogP contribution >= 0.6 is 22.9 Å². The molecule has 0 radical (unpaired) electrons. The Bertz CT molecular complexity index is 729. The van der Waals surface area contributed by atoms with Crippen LogP contribution in [-0.2, 0) is 0 Å². The van der Waals surface area contributed by atoms with Gasteiger partial charge in [-0.3, -0.25) is 9.59 Å². The van der Waals surface area contributed by atoms with E-state index < -0.39 is 0 Å². The zero-order valence-corrected chi connectivity index (χ0v) is 13.3. The molecule has 1 amide bonds. The molecule has 2 N–H and O–H groups in total. The third-order valence-corrected chi connectivity index (χ3v) is 4.77. The molecule has 1 aliphatic rings. The van der Waals surface area contributed by atoms with Gasteiger partial charge in [0.1, 0.15) is 0 Å². The number of hydrogen-bond donors (Lipinski definition) is 2. The number of thiophene rings is 1. The van der Waals surface area contributed by atoms with Crippen LogP contribution in [0.3, 0.4) is 0 Å². The largest absolute Gasteiger partial charge is 0.350 e. The summed E-state index contributed by atoms with van der Waals surface area (Å²) < 4.78 is 0.593. The molecule has 22 heavy (non-hydrogen) atoms. The van der Waals surface area contributed by atoms with Crippen molar-refractivity contribution in [2.24, 2.45) is 0 Å². The predicted molar refractivity (Wildman–Crippen MR) is 86.9 cm³/mol. The van der Waals surface area contributed by atoms with Gasteiger partial charge in [-0.15, -0.1) is 11.3 Å². The van der Waals surface area contributed by atoms with Gasteiger partial charge in [0.05, 0.1) is 9.21 Å². The van der Waals surface area contributed by atoms with Gasteiger partial charge in [-0.25, -0.2) is 4.98 Å². The van der Waals surface area contributed by atoms with Gasteiger partial charge >= 0.3 is 0 Å². The first-order valence-electron chi connectivity index (χ1n) is 6.98. The van der Waals surface area contributed by atoms with E-state index in [1.54, 1.807) is 18.3 Å². The van der Waals surface area contributed by atoms with E-state index in [4.69, 9.17) is 11.6 Å². The summed E-state index contributed by atoms with van der Waals surface area (Å²) in [5, 5.41) is 3.00. The molecule has 1 saturated heterocycles. The van der Waals surface area contributed by atoms with Crippen LogP contribution in [0.1, 0.15) is 22.5 Å². The Kier molecular flexibility index (Phi) is 4.44. The molecule has 8 heteroatoms. The number of rotatable bonds is 3. The molecule has 0 aromatic carbocycles. The Morgan fingerprint density at radius 3 is 3.09 bits per heavy atom. The van der Waals surface area contributed by atoms with E-state index >= 15 is 0 Å². The summed E-state index contributed by atoms with van der Waals surface area (Å²) in [5.41, 5.74) is -0.209. The van der Waals surface area contributed by atoms with Gasteiger partial charge in [-0.2, -0.15) is 0 Å². The minimum absolute atomic E-state index is 0.0106. The van der Waals surface area contributed by atoms with Crippen LogP contribution in [0.25, 0.3) is 0 Å². The van der Waals surface area contributed by atoms with Crippen molar-refractivity contribution in [1.29, 1.82) is 0 Å². The highest BCUT2D eigenvalue weighted by Gasteiger charge is 2.24. The third kappa shape index (κ3) is 3.31. The number of aromatic nitrogens is 2. The summed E-state index contributed by atoms with van der Waals surface area (Å²) in [7, 11) is 0. The van der Waals surface area contributed by atoms with Gasteiger partial charge in [0.25, 0.3) is 11.5 Å². The van der Waals surface area contributed by atoms with Crippen LogP contribution in [0, 0.1) is 0 Å². The van der Waals surface area contributed by atoms with E-state index in [2.05, 4.69) is 15.3 Å². The van der Waals surface area contributed by atoms with Crippen LogP contribution in [0.5, 0.6) is 0 Å². The lowest BCUT2D eigenvalue weighted by molar-refractivity contribution is 0.0937. The van der Waals surface area contributed by atoms with Crippen molar-refractivity contribution >= 4 is 34.7 Å². The highest BCUT2D eigenvalue weighted by molar-refractivity contribution is 7.17. The average molecular weight is 339 g/mol. The molecule has 0 bridgehead atoms. The monoisotopic (exact) mass is 338 g/mol. The standard InChI is InChI=1S/C14H15ClN4O2S/c15-11-4-3-10(22-11)13(20)18-9-2-1-7-19(8-9)12-14(21)17-6-5-16-12/h3-6,9H,1-2,7-8H2,(H,17,21)(H,18,20). The van der Waals surface area contributed by atoms with Crippen LogP contribution < -0.4 is 15.8 Å². The number of amides is 1. The molecule has 1 atom stereocenters. The lowest BCUT2D eigenvalue weighted by Crippen LogP contribution is -2.49. The zero-order valence-electron chi connectivity index (χ0n) is 11.7. The van der Waals surface area contributed by atoms with Crippen molar-refractivity contribution in [2.75, 3.05) is 18.0 Å². The molecule has 6 nitrogen and oxygen atoms in total. The summed E-state index contributed by atoms with van der Waals surface area (Å²) in [5.74, 6) is 0.277. The Labute approximate surface area is 136 Å². The number of anilines is 1. The van der Waals surface area contributed by atoms with E-state index in [1.807, 2.05) is 4.90 Å². The Morgan fingerprint density at radius 2 is 2.36 bits per heavy atom. The van der Waals surface area contributed by atoms with Crippen LogP contribution in [-0.4, -0.2) is 35.0 Å². The smallest absolute Gasteiger partial charge is 0.290 e. The molecule has 3 rings (SSSR count). The number of nitrogens with one attached hydrogen (secondary N) is 2. The molecule has 3 heterocycles. The van der Waals surface area contributed by atoms with Crippen LogP contribution in [0.4, 0.5) is 5.82 Å². The number of carbonyl (C=O) groups is 1. The lowest BCUT2D eigenvalue weighted by atomic mass is 10.1. The summed E-state index contributed by atoms with van der Waals surface area (Å²) in [6.45, 7) is 1.34. The van der Waals surface area contributed by atoms with Gasteiger partial charge in [-0.1, -0.05) is 11.6 Å². The van der Waals surface area contributed by atoms with E-state index in [1.165, 1.54) is 17.5 Å². The minimum atomic E-state index is -0.209. The number of H-pyrrole nitrogens is 1. The SMILES string of the molecule is O=C(NC1CCCN(c2ncc[nH]c2=O)C1)c1ccc(Cl)s1. The van der Waals surface area contributed by atoms with Crippen molar-refractivity contribution in [3.8, 4) is 0 Å². The second kappa shape index (κ2) is 6.50. The molecule has 0 aliphatic carbocycles. The number of hydrogen-bond acceptors (Lipinski definition) is 5. The summed E-state index contributed by atoms with van der Waals surface area (Å²) >= 11 is 7.11. The van der Waals surface area contributed by atoms with Gasteiger partial charge in [0.15, 0.2) is 5.82 Å². The Hall–Kier alpha value is -1.86. The lowest BCUT2D eigenvalue weighted by Gasteiger charge is -2.33. The highest BCUT2D eigenvalue weighted by Crippen LogP contribution is 2.22. The van der Waals surface area contributed by atoms with Crippen molar-refractivity contribution in [2.45, 2.75) is 18.9 Å². The quantitative estimate of drug-likeness (QED) is 0.895. The second-order valence-corrected chi connectivity index (χ2v) is 6.82. The first-order valence-corrected chi connectivity index (χ1v) is 8.18. The molecule has 2 aromatic heterocycles. The Morgan fingerprint density at radius 1 is 1.50 bits per heavy atom. The number of halogens is 1. The fourth-order valence-corrected chi connectivity index (χ4v) is 3.50. The van der Waals surface area contributed by atoms with E-state index in [0.717, 1.165) is 19.4 Å². The van der Waals surface area contributed by atoms with Gasteiger partial charge in [0.2, 0.25) is 0 Å². The second-order valence-electron chi connectivity index (χ2n) is 5.10. The van der Waals surface area contributed by atoms with Crippen molar-refractivity contribution in [3.63, 3.8) is 0 Å². The average Bonchev–Trinajstić information content (AvgIpc) is 2.95. The molecular formula is C14H15ClN4O2S. The molecular weight excluding hydrogens is 324 g/mol. The van der Waals surface area contributed by atoms with Gasteiger partial charge in [-0.05, 0) is 25.0 Å². The van der Waals surface area contributed by atoms with Crippen molar-refractivity contribution in [1.82, 2.24) is 15.3 Å². The van der Waals surface area contributed by atoms with E-state index in [0.29, 0.717) is 21.6 Å². The van der Waals surface area contributed by atoms with Crippen molar-refractivity contribution < 1.29 is 4.79 Å². The van der Waals surface area contributed by atoms with E-state index in [-0.39, 0.29) is 17.5 Å². The molecule has 1 aliphatic heterocycles. The first kappa shape index (κ1) is 15.1. The third-order valence-electron chi connectivity index (χ3n) is 3.54. The first-order chi connectivity index (χ1) is 10.6. The number of carbonyl (C=O) groups excluding carboxylic acids is 1. The zero-order chi connectivity index (χ0) is 15.5. The topological polar surface area (TPSA) is 78.1 Å². The number of piperidine rings is 1. The van der Waals surface area contributed by atoms with E-state index in [9.17, 15) is 9.59 Å². The fraction of sp³-hybridized carbons (Fsp3) is 0.357. The number of aromatic amines is 1. The molecule has 2 aromatic rings. The normalized spacial score (nSPS) is 18.2. The summed E-state index contributed by atoms with van der Waals surface area (Å²) in [6, 6.07) is 3.41. The van der Waals surface area contributed by atoms with Crippen molar-refractivity contribution in [3.05, 3.63) is 44.1 Å². The maximum Gasteiger partial charge on any atom is 0.290 e. The molecule has 0 saturated carbocycles. The van der Waals surface area contributed by atoms with Gasteiger partial charge in [0, 0.05) is 31.5 Å². The predicted octanol–water partition coefficient (Wildman–Crippen LogP) is 1.88. The number of nitrogens with zero attached hydrogens (tertiary/aromatic N) is 2.